The van der Waals surface area contributed by atoms with E-state index in [4.69, 9.17) is 14.2 Å². The fourth-order valence-corrected chi connectivity index (χ4v) is 4.83. The molecule has 0 bridgehead atoms. The van der Waals surface area contributed by atoms with E-state index in [-0.39, 0.29) is 28.2 Å². The van der Waals surface area contributed by atoms with Gasteiger partial charge in [0.25, 0.3) is 10.0 Å². The lowest BCUT2D eigenvalue weighted by Crippen LogP contribution is -2.36. The Morgan fingerprint density at radius 3 is 2.33 bits per heavy atom. The van der Waals surface area contributed by atoms with Gasteiger partial charge in [0.1, 0.15) is 6.54 Å². The molecule has 0 spiro atoms. The zero-order chi connectivity index (χ0) is 24.2. The minimum Gasteiger partial charge on any atom is -0.493 e. The third kappa shape index (κ3) is 5.08. The van der Waals surface area contributed by atoms with E-state index in [0.717, 1.165) is 9.87 Å². The Bertz CT molecular complexity index is 1180. The van der Waals surface area contributed by atoms with Crippen molar-refractivity contribution in [1.82, 2.24) is 5.43 Å². The molecule has 176 valence electrons. The van der Waals surface area contributed by atoms with Gasteiger partial charge >= 0.3 is 5.97 Å². The molecule has 1 unspecified atom stereocenters. The molecule has 11 heteroatoms. The van der Waals surface area contributed by atoms with E-state index in [2.05, 4.69) is 10.5 Å². The Morgan fingerprint density at radius 1 is 1.09 bits per heavy atom. The standard InChI is InChI=1S/C22H25N3O7S/c1-14-11-20(26)23-24-22(14)15-5-7-16(8-6-15)25(13-21(27)32-4)33(28,29)17-9-10-18(30-2)19(12-17)31-3/h5-10,12,14H,11,13H2,1-4H3,(H,23,26). The summed E-state index contributed by atoms with van der Waals surface area (Å²) in [5, 5.41) is 4.12. The molecule has 2 aromatic carbocycles. The molecule has 0 saturated carbocycles. The van der Waals surface area contributed by atoms with E-state index in [1.807, 2.05) is 6.92 Å². The predicted molar refractivity (Wildman–Crippen MR) is 121 cm³/mol. The number of nitrogens with zero attached hydrogens (tertiary/aromatic N) is 2. The van der Waals surface area contributed by atoms with Crippen LogP contribution in [-0.2, 0) is 24.3 Å². The molecule has 10 nitrogen and oxygen atoms in total. The molecule has 3 rings (SSSR count). The molecular formula is C22H25N3O7S. The van der Waals surface area contributed by atoms with Crippen LogP contribution >= 0.6 is 0 Å². The molecule has 1 amide bonds. The van der Waals surface area contributed by atoms with Gasteiger partial charge in [-0.2, -0.15) is 5.10 Å². The number of methoxy groups -OCH3 is 3. The van der Waals surface area contributed by atoms with Gasteiger partial charge in [0, 0.05) is 18.4 Å². The molecule has 1 aliphatic heterocycles. The minimum atomic E-state index is -4.16. The number of carbonyl (C=O) groups excluding carboxylic acids is 2. The zero-order valence-electron chi connectivity index (χ0n) is 18.7. The summed E-state index contributed by atoms with van der Waals surface area (Å²) >= 11 is 0. The average molecular weight is 476 g/mol. The number of esters is 1. The third-order valence-corrected chi connectivity index (χ3v) is 6.92. The van der Waals surface area contributed by atoms with Crippen LogP contribution < -0.4 is 19.2 Å². The van der Waals surface area contributed by atoms with Crippen molar-refractivity contribution >= 4 is 33.3 Å². The Morgan fingerprint density at radius 2 is 1.76 bits per heavy atom. The Hall–Kier alpha value is -3.60. The SMILES string of the molecule is COC(=O)CN(c1ccc(C2=NNC(=O)CC2C)cc1)S(=O)(=O)c1ccc(OC)c(OC)c1. The molecule has 0 aromatic heterocycles. The first kappa shape index (κ1) is 24.1. The van der Waals surface area contributed by atoms with Gasteiger partial charge in [-0.05, 0) is 29.8 Å². The van der Waals surface area contributed by atoms with Gasteiger partial charge in [0.15, 0.2) is 11.5 Å². The lowest BCUT2D eigenvalue weighted by molar-refractivity contribution is -0.138. The third-order valence-electron chi connectivity index (χ3n) is 5.15. The molecule has 1 heterocycles. The molecule has 2 aromatic rings. The van der Waals surface area contributed by atoms with Gasteiger partial charge in [0.05, 0.1) is 37.6 Å². The number of rotatable bonds is 8. The van der Waals surface area contributed by atoms with Crippen LogP contribution in [0.15, 0.2) is 52.5 Å². The first-order chi connectivity index (χ1) is 15.7. The summed E-state index contributed by atoms with van der Waals surface area (Å²) in [6.45, 7) is 1.36. The van der Waals surface area contributed by atoms with Crippen LogP contribution in [0.1, 0.15) is 18.9 Å². The Balaban J connectivity index is 2.01. The van der Waals surface area contributed by atoms with Gasteiger partial charge in [-0.3, -0.25) is 13.9 Å². The molecule has 33 heavy (non-hydrogen) atoms. The maximum atomic E-state index is 13.5. The van der Waals surface area contributed by atoms with Crippen molar-refractivity contribution < 1.29 is 32.2 Å². The number of hydrogen-bond acceptors (Lipinski definition) is 8. The molecule has 1 aliphatic rings. The Labute approximate surface area is 192 Å². The molecule has 0 radical (unpaired) electrons. The number of anilines is 1. The highest BCUT2D eigenvalue weighted by atomic mass is 32.2. The second-order valence-electron chi connectivity index (χ2n) is 7.29. The minimum absolute atomic E-state index is 0.0823. The van der Waals surface area contributed by atoms with Gasteiger partial charge < -0.3 is 14.2 Å². The van der Waals surface area contributed by atoms with E-state index in [9.17, 15) is 18.0 Å². The molecule has 1 atom stereocenters. The summed E-state index contributed by atoms with van der Waals surface area (Å²) in [7, 11) is -0.135. The maximum absolute atomic E-state index is 13.5. The monoisotopic (exact) mass is 475 g/mol. The van der Waals surface area contributed by atoms with Gasteiger partial charge in [-0.1, -0.05) is 19.1 Å². The summed E-state index contributed by atoms with van der Waals surface area (Å²) in [5.41, 5.74) is 4.13. The molecule has 0 saturated heterocycles. The van der Waals surface area contributed by atoms with E-state index in [1.165, 1.54) is 39.5 Å². The summed E-state index contributed by atoms with van der Waals surface area (Å²) < 4.78 is 43.0. The van der Waals surface area contributed by atoms with Crippen molar-refractivity contribution in [2.45, 2.75) is 18.2 Å². The van der Waals surface area contributed by atoms with Crippen molar-refractivity contribution in [2.24, 2.45) is 11.0 Å². The largest absolute Gasteiger partial charge is 0.493 e. The second-order valence-corrected chi connectivity index (χ2v) is 9.15. The zero-order valence-corrected chi connectivity index (χ0v) is 19.5. The molecular weight excluding hydrogens is 450 g/mol. The molecule has 1 N–H and O–H groups in total. The van der Waals surface area contributed by atoms with E-state index in [0.29, 0.717) is 17.9 Å². The quantitative estimate of drug-likeness (QED) is 0.579. The van der Waals surface area contributed by atoms with Crippen molar-refractivity contribution in [3.8, 4) is 11.5 Å². The first-order valence-corrected chi connectivity index (χ1v) is 11.4. The molecule has 0 aliphatic carbocycles. The summed E-state index contributed by atoms with van der Waals surface area (Å²) in [6.07, 6.45) is 0.308. The number of hydrogen-bond donors (Lipinski definition) is 1. The van der Waals surface area contributed by atoms with E-state index < -0.39 is 22.5 Å². The number of sulfonamides is 1. The summed E-state index contributed by atoms with van der Waals surface area (Å²) in [6, 6.07) is 10.7. The average Bonchev–Trinajstić information content (AvgIpc) is 2.82. The van der Waals surface area contributed by atoms with Crippen LogP contribution in [0.2, 0.25) is 0 Å². The number of carbonyl (C=O) groups is 2. The van der Waals surface area contributed by atoms with Crippen molar-refractivity contribution in [1.29, 1.82) is 0 Å². The van der Waals surface area contributed by atoms with Crippen LogP contribution in [0.4, 0.5) is 5.69 Å². The lowest BCUT2D eigenvalue weighted by atomic mass is 9.94. The van der Waals surface area contributed by atoms with Crippen LogP contribution in [0.25, 0.3) is 0 Å². The predicted octanol–water partition coefficient (Wildman–Crippen LogP) is 1.93. The first-order valence-electron chi connectivity index (χ1n) is 9.99. The fraction of sp³-hybridized carbons (Fsp3) is 0.318. The maximum Gasteiger partial charge on any atom is 0.326 e. The normalized spacial score (nSPS) is 15.8. The number of benzene rings is 2. The van der Waals surface area contributed by atoms with Crippen molar-refractivity contribution in [2.75, 3.05) is 32.2 Å². The Kier molecular flexibility index (Phi) is 7.22. The topological polar surface area (TPSA) is 124 Å². The van der Waals surface area contributed by atoms with Gasteiger partial charge in [-0.25, -0.2) is 13.8 Å². The number of hydrazone groups is 1. The van der Waals surface area contributed by atoms with Gasteiger partial charge in [-0.15, -0.1) is 0 Å². The van der Waals surface area contributed by atoms with Crippen LogP contribution in [0.5, 0.6) is 11.5 Å². The van der Waals surface area contributed by atoms with Crippen molar-refractivity contribution in [3.63, 3.8) is 0 Å². The van der Waals surface area contributed by atoms with E-state index in [1.54, 1.807) is 24.3 Å². The highest BCUT2D eigenvalue weighted by Gasteiger charge is 2.29. The molecule has 0 fully saturated rings. The van der Waals surface area contributed by atoms with Crippen LogP contribution in [0.3, 0.4) is 0 Å². The second kappa shape index (κ2) is 9.90. The van der Waals surface area contributed by atoms with Crippen LogP contribution in [-0.4, -0.2) is 53.9 Å². The smallest absolute Gasteiger partial charge is 0.326 e. The van der Waals surface area contributed by atoms with E-state index >= 15 is 0 Å². The number of ether oxygens (including phenoxy) is 3. The summed E-state index contributed by atoms with van der Waals surface area (Å²) in [5.74, 6) is -0.372. The van der Waals surface area contributed by atoms with Crippen molar-refractivity contribution in [3.05, 3.63) is 48.0 Å². The summed E-state index contributed by atoms with van der Waals surface area (Å²) in [4.78, 5) is 23.5. The van der Waals surface area contributed by atoms with Crippen LogP contribution in [0, 0.1) is 5.92 Å². The highest BCUT2D eigenvalue weighted by molar-refractivity contribution is 7.92. The highest BCUT2D eigenvalue weighted by Crippen LogP contribution is 2.32. The fourth-order valence-electron chi connectivity index (χ4n) is 3.40. The number of nitrogens with one attached hydrogen (secondary N) is 1. The lowest BCUT2D eigenvalue weighted by Gasteiger charge is -2.24. The van der Waals surface area contributed by atoms with Gasteiger partial charge in [0.2, 0.25) is 5.91 Å². The number of amides is 1.